The summed E-state index contributed by atoms with van der Waals surface area (Å²) in [7, 11) is 0. The lowest BCUT2D eigenvalue weighted by atomic mass is 9.91. The van der Waals surface area contributed by atoms with Crippen LogP contribution in [0.4, 0.5) is 43.9 Å². The Morgan fingerprint density at radius 3 is 1.62 bits per heavy atom. The molecule has 0 bridgehead atoms. The molecule has 0 saturated carbocycles. The molecule has 0 heterocycles. The third-order valence-corrected chi connectivity index (χ3v) is 3.02. The Hall–Kier alpha value is -1.48. The molecule has 24 heavy (non-hydrogen) atoms. The van der Waals surface area contributed by atoms with Crippen molar-refractivity contribution < 1.29 is 43.9 Å². The second-order valence-corrected chi connectivity index (χ2v) is 5.51. The van der Waals surface area contributed by atoms with Gasteiger partial charge < -0.3 is 0 Å². The molecule has 0 aliphatic heterocycles. The first-order chi connectivity index (χ1) is 10.5. The number of benzene rings is 1. The molecule has 0 nitrogen and oxygen atoms in total. The number of hydrogen-bond donors (Lipinski definition) is 0. The SMILES string of the molecule is CC(C)Cc1ccc(C(F)(F)C(F)(F)F)[c]c1C(F)(F)C(F)(F)F. The Morgan fingerprint density at radius 1 is 0.792 bits per heavy atom. The second kappa shape index (κ2) is 6.11. The summed E-state index contributed by atoms with van der Waals surface area (Å²) >= 11 is 0. The Balaban J connectivity index is 3.61. The van der Waals surface area contributed by atoms with Gasteiger partial charge in [0, 0.05) is 17.2 Å². The monoisotopic (exact) mass is 369 g/mol. The highest BCUT2D eigenvalue weighted by molar-refractivity contribution is 5.37. The van der Waals surface area contributed by atoms with Crippen molar-refractivity contribution in [2.45, 2.75) is 44.5 Å². The lowest BCUT2D eigenvalue weighted by molar-refractivity contribution is -0.292. The van der Waals surface area contributed by atoms with E-state index in [9.17, 15) is 43.9 Å². The molecule has 1 aromatic carbocycles. The van der Waals surface area contributed by atoms with Crippen molar-refractivity contribution in [3.63, 3.8) is 0 Å². The van der Waals surface area contributed by atoms with Gasteiger partial charge in [0.15, 0.2) is 0 Å². The number of hydrogen-bond acceptors (Lipinski definition) is 0. The van der Waals surface area contributed by atoms with Gasteiger partial charge >= 0.3 is 24.2 Å². The van der Waals surface area contributed by atoms with Crippen LogP contribution in [0.15, 0.2) is 12.1 Å². The first kappa shape index (κ1) is 20.6. The predicted molar refractivity (Wildman–Crippen MR) is 63.7 cm³/mol. The molecule has 0 atom stereocenters. The van der Waals surface area contributed by atoms with Gasteiger partial charge in [-0.05, 0) is 17.9 Å². The lowest BCUT2D eigenvalue weighted by Crippen LogP contribution is -2.37. The Morgan fingerprint density at radius 2 is 1.25 bits per heavy atom. The zero-order valence-corrected chi connectivity index (χ0v) is 12.2. The maximum Gasteiger partial charge on any atom is 0.458 e. The van der Waals surface area contributed by atoms with Crippen LogP contribution in [0.25, 0.3) is 0 Å². The lowest BCUT2D eigenvalue weighted by Gasteiger charge is -2.26. The molecule has 0 saturated heterocycles. The third-order valence-electron chi connectivity index (χ3n) is 3.02. The van der Waals surface area contributed by atoms with Gasteiger partial charge in [0.05, 0.1) is 0 Å². The van der Waals surface area contributed by atoms with Crippen LogP contribution in [0, 0.1) is 12.0 Å². The molecule has 1 radical (unpaired) electrons. The quantitative estimate of drug-likeness (QED) is 0.572. The fraction of sp³-hybridized carbons (Fsp3) is 0.571. The van der Waals surface area contributed by atoms with Crippen LogP contribution < -0.4 is 0 Å². The van der Waals surface area contributed by atoms with Crippen molar-refractivity contribution in [2.24, 2.45) is 5.92 Å². The van der Waals surface area contributed by atoms with E-state index in [1.54, 1.807) is 0 Å². The summed E-state index contributed by atoms with van der Waals surface area (Å²) in [5.74, 6) is -11.7. The summed E-state index contributed by atoms with van der Waals surface area (Å²) in [6, 6.07) is 1.54. The van der Waals surface area contributed by atoms with Crippen molar-refractivity contribution in [3.05, 3.63) is 34.9 Å². The summed E-state index contributed by atoms with van der Waals surface area (Å²) in [6.07, 6.45) is -12.7. The Labute approximate surface area is 130 Å². The van der Waals surface area contributed by atoms with Crippen LogP contribution in [0.3, 0.4) is 0 Å². The molecule has 1 aromatic rings. The van der Waals surface area contributed by atoms with Crippen molar-refractivity contribution >= 4 is 0 Å². The van der Waals surface area contributed by atoms with Gasteiger partial charge in [-0.15, -0.1) is 0 Å². The van der Waals surface area contributed by atoms with Crippen LogP contribution in [0.1, 0.15) is 30.5 Å². The van der Waals surface area contributed by atoms with Crippen LogP contribution in [0.5, 0.6) is 0 Å². The predicted octanol–water partition coefficient (Wildman–Crippen LogP) is 5.99. The minimum Gasteiger partial charge on any atom is -0.191 e. The largest absolute Gasteiger partial charge is 0.458 e. The van der Waals surface area contributed by atoms with E-state index in [-0.39, 0.29) is 12.5 Å². The second-order valence-electron chi connectivity index (χ2n) is 5.51. The van der Waals surface area contributed by atoms with E-state index >= 15 is 0 Å². The minimum absolute atomic E-state index is 0.154. The molecule has 10 heteroatoms. The van der Waals surface area contributed by atoms with Crippen LogP contribution >= 0.6 is 0 Å². The van der Waals surface area contributed by atoms with Gasteiger partial charge in [-0.3, -0.25) is 0 Å². The number of halogens is 10. The number of alkyl halides is 10. The fourth-order valence-electron chi connectivity index (χ4n) is 1.89. The van der Waals surface area contributed by atoms with Gasteiger partial charge in [0.25, 0.3) is 0 Å². The van der Waals surface area contributed by atoms with E-state index in [1.165, 1.54) is 13.8 Å². The first-order valence-electron chi connectivity index (χ1n) is 6.47. The number of rotatable bonds is 4. The molecule has 137 valence electrons. The molecule has 0 N–H and O–H groups in total. The van der Waals surface area contributed by atoms with Crippen LogP contribution in [-0.2, 0) is 18.3 Å². The van der Waals surface area contributed by atoms with Crippen LogP contribution in [0.2, 0.25) is 0 Å². The van der Waals surface area contributed by atoms with Gasteiger partial charge in [-0.25, -0.2) is 0 Å². The summed E-state index contributed by atoms with van der Waals surface area (Å²) in [5, 5.41) is 0. The minimum atomic E-state index is -6.17. The van der Waals surface area contributed by atoms with E-state index in [0.717, 1.165) is 6.07 Å². The molecule has 0 fully saturated rings. The zero-order valence-electron chi connectivity index (χ0n) is 12.2. The van der Waals surface area contributed by atoms with Crippen molar-refractivity contribution in [1.29, 1.82) is 0 Å². The molecule has 0 aliphatic rings. The van der Waals surface area contributed by atoms with Crippen molar-refractivity contribution in [3.8, 4) is 0 Å². The van der Waals surface area contributed by atoms with E-state index in [2.05, 4.69) is 0 Å². The summed E-state index contributed by atoms with van der Waals surface area (Å²) in [6.45, 7) is 2.90. The molecule has 1 rings (SSSR count). The molecular formula is C14H11F10. The standard InChI is InChI=1S/C14H11F10/c1-7(2)5-8-3-4-9(11(15,16)13(19,20)21)6-10(8)12(17,18)14(22,23)24/h3-4,7H,5H2,1-2H3. The van der Waals surface area contributed by atoms with E-state index < -0.39 is 46.8 Å². The molecule has 0 aromatic heterocycles. The normalized spacial score (nSPS) is 14.4. The van der Waals surface area contributed by atoms with Crippen LogP contribution in [-0.4, -0.2) is 12.4 Å². The Kier molecular flexibility index (Phi) is 5.23. The molecule has 0 spiro atoms. The summed E-state index contributed by atoms with van der Waals surface area (Å²) in [5.41, 5.74) is -4.82. The molecule has 0 unspecified atom stereocenters. The molecule has 0 aliphatic carbocycles. The van der Waals surface area contributed by atoms with Gasteiger partial charge in [-0.1, -0.05) is 26.0 Å². The Bertz CT molecular complexity index is 580. The smallest absolute Gasteiger partial charge is 0.191 e. The van der Waals surface area contributed by atoms with E-state index in [0.29, 0.717) is 6.07 Å². The van der Waals surface area contributed by atoms with E-state index in [1.807, 2.05) is 0 Å². The average Bonchev–Trinajstić information content (AvgIpc) is 2.35. The highest BCUT2D eigenvalue weighted by atomic mass is 19.4. The first-order valence-corrected chi connectivity index (χ1v) is 6.47. The fourth-order valence-corrected chi connectivity index (χ4v) is 1.89. The zero-order chi connectivity index (χ0) is 19.1. The molecule has 0 amide bonds. The topological polar surface area (TPSA) is 0 Å². The maximum absolute atomic E-state index is 13.6. The maximum atomic E-state index is 13.6. The summed E-state index contributed by atoms with van der Waals surface area (Å²) in [4.78, 5) is 0. The van der Waals surface area contributed by atoms with Gasteiger partial charge in [0.1, 0.15) is 0 Å². The highest BCUT2D eigenvalue weighted by Gasteiger charge is 2.62. The highest BCUT2D eigenvalue weighted by Crippen LogP contribution is 2.48. The third kappa shape index (κ3) is 3.77. The van der Waals surface area contributed by atoms with Crippen molar-refractivity contribution in [2.75, 3.05) is 0 Å². The molecular weight excluding hydrogens is 358 g/mol. The van der Waals surface area contributed by atoms with Crippen molar-refractivity contribution in [1.82, 2.24) is 0 Å². The van der Waals surface area contributed by atoms with E-state index in [4.69, 9.17) is 0 Å². The van der Waals surface area contributed by atoms with Gasteiger partial charge in [-0.2, -0.15) is 43.9 Å². The summed E-state index contributed by atoms with van der Waals surface area (Å²) < 4.78 is 128. The van der Waals surface area contributed by atoms with Gasteiger partial charge in [0.2, 0.25) is 0 Å². The average molecular weight is 369 g/mol.